The molecule has 0 bridgehead atoms. The molecule has 0 aliphatic rings. The molecular weight excluding hydrogens is 260 g/mol. The van der Waals surface area contributed by atoms with Crippen LogP contribution in [0.4, 0.5) is 0 Å². The van der Waals surface area contributed by atoms with Crippen LogP contribution in [0.3, 0.4) is 0 Å². The first-order valence-corrected chi connectivity index (χ1v) is 7.33. The summed E-state index contributed by atoms with van der Waals surface area (Å²) in [4.78, 5) is 16.1. The highest BCUT2D eigenvalue weighted by atomic mass is 32.1. The Morgan fingerprint density at radius 1 is 1.58 bits per heavy atom. The summed E-state index contributed by atoms with van der Waals surface area (Å²) in [5.74, 6) is 0.817. The van der Waals surface area contributed by atoms with Gasteiger partial charge in [-0.05, 0) is 35.7 Å². The second-order valence-electron chi connectivity index (χ2n) is 4.44. The van der Waals surface area contributed by atoms with E-state index >= 15 is 0 Å². The molecule has 1 atom stereocenters. The Kier molecular flexibility index (Phi) is 4.68. The van der Waals surface area contributed by atoms with Gasteiger partial charge in [-0.1, -0.05) is 6.92 Å². The predicted molar refractivity (Wildman–Crippen MR) is 74.9 cm³/mol. The molecule has 2 aromatic rings. The maximum atomic E-state index is 11.9. The van der Waals surface area contributed by atoms with Crippen molar-refractivity contribution < 1.29 is 4.79 Å². The van der Waals surface area contributed by atoms with Crippen LogP contribution in [0.5, 0.6) is 0 Å². The topological polar surface area (TPSA) is 59.8 Å². The number of carbonyl (C=O) groups is 1. The number of nitrogens with zero attached hydrogens (tertiary/aromatic N) is 3. The molecule has 5 nitrogen and oxygen atoms in total. The van der Waals surface area contributed by atoms with Gasteiger partial charge in [-0.15, -0.1) is 0 Å². The van der Waals surface area contributed by atoms with Gasteiger partial charge in [0.2, 0.25) is 5.91 Å². The Hall–Kier alpha value is -1.69. The highest BCUT2D eigenvalue weighted by Gasteiger charge is 2.15. The number of nitrogens with one attached hydrogen (secondary N) is 1. The third-order valence-corrected chi connectivity index (χ3v) is 3.52. The molecule has 0 saturated heterocycles. The molecule has 0 aliphatic heterocycles. The van der Waals surface area contributed by atoms with Gasteiger partial charge < -0.3 is 5.32 Å². The molecule has 1 N–H and O–H groups in total. The van der Waals surface area contributed by atoms with Gasteiger partial charge in [0.05, 0.1) is 12.5 Å². The Balaban J connectivity index is 1.94. The van der Waals surface area contributed by atoms with Crippen molar-refractivity contribution >= 4 is 17.2 Å². The lowest BCUT2D eigenvalue weighted by atomic mass is 10.2. The number of aryl methyl sites for hydroxylation is 1. The lowest BCUT2D eigenvalue weighted by Crippen LogP contribution is -2.30. The van der Waals surface area contributed by atoms with E-state index in [0.29, 0.717) is 6.42 Å². The van der Waals surface area contributed by atoms with Crippen LogP contribution in [0.1, 0.15) is 37.7 Å². The number of carbonyl (C=O) groups excluding carboxylic acids is 1. The summed E-state index contributed by atoms with van der Waals surface area (Å²) in [5.41, 5.74) is 1.05. The molecule has 0 aromatic carbocycles. The first-order valence-electron chi connectivity index (χ1n) is 6.38. The first kappa shape index (κ1) is 13.7. The number of thiophene rings is 1. The van der Waals surface area contributed by atoms with Crippen LogP contribution in [0.25, 0.3) is 0 Å². The van der Waals surface area contributed by atoms with Gasteiger partial charge in [0.15, 0.2) is 0 Å². The standard InChI is InChI=1S/C13H18N4OS/c1-3-5-17-13(14-9-15-17)10(2)16-12(18)7-11-4-6-19-8-11/h4,6,8-10H,3,5,7H2,1-2H3,(H,16,18). The molecular formula is C13H18N4OS. The summed E-state index contributed by atoms with van der Waals surface area (Å²) in [7, 11) is 0. The first-order chi connectivity index (χ1) is 9.20. The maximum absolute atomic E-state index is 11.9. The van der Waals surface area contributed by atoms with Crippen LogP contribution in [0, 0.1) is 0 Å². The van der Waals surface area contributed by atoms with Crippen LogP contribution < -0.4 is 5.32 Å². The van der Waals surface area contributed by atoms with Gasteiger partial charge in [0.25, 0.3) is 0 Å². The van der Waals surface area contributed by atoms with E-state index in [1.165, 1.54) is 6.33 Å². The molecule has 0 saturated carbocycles. The van der Waals surface area contributed by atoms with Crippen molar-refractivity contribution in [1.82, 2.24) is 20.1 Å². The highest BCUT2D eigenvalue weighted by molar-refractivity contribution is 7.07. The Morgan fingerprint density at radius 3 is 3.11 bits per heavy atom. The minimum atomic E-state index is -0.125. The van der Waals surface area contributed by atoms with E-state index in [1.807, 2.05) is 28.4 Å². The summed E-state index contributed by atoms with van der Waals surface area (Å²) in [5, 5.41) is 11.1. The smallest absolute Gasteiger partial charge is 0.225 e. The monoisotopic (exact) mass is 278 g/mol. The second-order valence-corrected chi connectivity index (χ2v) is 5.22. The van der Waals surface area contributed by atoms with Gasteiger partial charge in [0, 0.05) is 6.54 Å². The third-order valence-electron chi connectivity index (χ3n) is 2.79. The molecule has 2 aromatic heterocycles. The lowest BCUT2D eigenvalue weighted by Gasteiger charge is -2.14. The zero-order chi connectivity index (χ0) is 13.7. The average Bonchev–Trinajstić information content (AvgIpc) is 3.00. The number of hydrogen-bond acceptors (Lipinski definition) is 4. The third kappa shape index (κ3) is 3.64. The van der Waals surface area contributed by atoms with Gasteiger partial charge in [-0.2, -0.15) is 16.4 Å². The van der Waals surface area contributed by atoms with Crippen molar-refractivity contribution in [1.29, 1.82) is 0 Å². The Bertz CT molecular complexity index is 520. The predicted octanol–water partition coefficient (Wildman–Crippen LogP) is 2.17. The highest BCUT2D eigenvalue weighted by Crippen LogP contribution is 2.11. The number of amides is 1. The Morgan fingerprint density at radius 2 is 2.42 bits per heavy atom. The molecule has 0 radical (unpaired) electrons. The minimum Gasteiger partial charge on any atom is -0.346 e. The van der Waals surface area contributed by atoms with Crippen LogP contribution in [-0.4, -0.2) is 20.7 Å². The van der Waals surface area contributed by atoms with Crippen LogP contribution in [0.15, 0.2) is 23.2 Å². The molecule has 1 unspecified atom stereocenters. The molecule has 19 heavy (non-hydrogen) atoms. The summed E-state index contributed by atoms with van der Waals surface area (Å²) in [6, 6.07) is 1.84. The van der Waals surface area contributed by atoms with Crippen molar-refractivity contribution in [3.8, 4) is 0 Å². The molecule has 0 spiro atoms. The lowest BCUT2D eigenvalue weighted by molar-refractivity contribution is -0.121. The van der Waals surface area contributed by atoms with E-state index in [9.17, 15) is 4.79 Å². The minimum absolute atomic E-state index is 0.0111. The van der Waals surface area contributed by atoms with Crippen molar-refractivity contribution in [2.45, 2.75) is 39.3 Å². The zero-order valence-corrected chi connectivity index (χ0v) is 12.0. The van der Waals surface area contributed by atoms with E-state index in [0.717, 1.165) is 24.4 Å². The van der Waals surface area contributed by atoms with Crippen LogP contribution >= 0.6 is 11.3 Å². The zero-order valence-electron chi connectivity index (χ0n) is 11.2. The molecule has 2 heterocycles. The summed E-state index contributed by atoms with van der Waals surface area (Å²) >= 11 is 1.60. The molecule has 1 amide bonds. The molecule has 0 aliphatic carbocycles. The maximum Gasteiger partial charge on any atom is 0.225 e. The summed E-state index contributed by atoms with van der Waals surface area (Å²) < 4.78 is 1.84. The van der Waals surface area contributed by atoms with Gasteiger partial charge >= 0.3 is 0 Å². The van der Waals surface area contributed by atoms with Gasteiger partial charge in [-0.25, -0.2) is 9.67 Å². The van der Waals surface area contributed by atoms with E-state index in [4.69, 9.17) is 0 Å². The van der Waals surface area contributed by atoms with E-state index < -0.39 is 0 Å². The SMILES string of the molecule is CCCn1ncnc1C(C)NC(=O)Cc1ccsc1. The van der Waals surface area contributed by atoms with Gasteiger partial charge in [0.1, 0.15) is 12.2 Å². The van der Waals surface area contributed by atoms with Crippen molar-refractivity contribution in [3.63, 3.8) is 0 Å². The van der Waals surface area contributed by atoms with Crippen molar-refractivity contribution in [3.05, 3.63) is 34.5 Å². The van der Waals surface area contributed by atoms with E-state index in [1.54, 1.807) is 11.3 Å². The van der Waals surface area contributed by atoms with E-state index in [2.05, 4.69) is 22.3 Å². The molecule has 2 rings (SSSR count). The van der Waals surface area contributed by atoms with Crippen molar-refractivity contribution in [2.75, 3.05) is 0 Å². The molecule has 6 heteroatoms. The second kappa shape index (κ2) is 6.47. The molecule has 0 fully saturated rings. The average molecular weight is 278 g/mol. The number of rotatable bonds is 6. The van der Waals surface area contributed by atoms with Crippen LogP contribution in [-0.2, 0) is 17.8 Å². The van der Waals surface area contributed by atoms with Gasteiger partial charge in [-0.3, -0.25) is 4.79 Å². The normalized spacial score (nSPS) is 12.3. The van der Waals surface area contributed by atoms with E-state index in [-0.39, 0.29) is 11.9 Å². The Labute approximate surface area is 116 Å². The summed E-state index contributed by atoms with van der Waals surface area (Å²) in [6.45, 7) is 4.84. The quantitative estimate of drug-likeness (QED) is 0.881. The fraction of sp³-hybridized carbons (Fsp3) is 0.462. The molecule has 102 valence electrons. The van der Waals surface area contributed by atoms with Crippen molar-refractivity contribution in [2.24, 2.45) is 0 Å². The number of aromatic nitrogens is 3. The summed E-state index contributed by atoms with van der Waals surface area (Å²) in [6.07, 6.45) is 2.94. The largest absolute Gasteiger partial charge is 0.346 e. The number of hydrogen-bond donors (Lipinski definition) is 1. The fourth-order valence-corrected chi connectivity index (χ4v) is 2.60. The fourth-order valence-electron chi connectivity index (χ4n) is 1.93. The van der Waals surface area contributed by atoms with Crippen LogP contribution in [0.2, 0.25) is 0 Å².